The number of hydrogen-bond donors (Lipinski definition) is 1. The van der Waals surface area contributed by atoms with Crippen LogP contribution < -0.4 is 0 Å². The molecule has 1 aromatic rings. The third kappa shape index (κ3) is 2.64. The number of aryl methyl sites for hydroxylation is 1. The predicted molar refractivity (Wildman–Crippen MR) is 62.3 cm³/mol. The summed E-state index contributed by atoms with van der Waals surface area (Å²) in [7, 11) is 0. The Bertz CT molecular complexity index is 425. The zero-order valence-electron chi connectivity index (χ0n) is 9.82. The second-order valence-electron chi connectivity index (χ2n) is 4.51. The quantitative estimate of drug-likeness (QED) is 0.808. The Morgan fingerprint density at radius 2 is 2.06 bits per heavy atom. The molecule has 0 aliphatic carbocycles. The summed E-state index contributed by atoms with van der Waals surface area (Å²) in [6.07, 6.45) is 0.805. The van der Waals surface area contributed by atoms with E-state index in [-0.39, 0.29) is 17.6 Å². The van der Waals surface area contributed by atoms with E-state index >= 15 is 0 Å². The maximum Gasteiger partial charge on any atom is 0.256 e. The van der Waals surface area contributed by atoms with Gasteiger partial charge in [-0.1, -0.05) is 11.6 Å². The normalized spacial score (nSPS) is 17.2. The molecule has 1 amide bonds. The summed E-state index contributed by atoms with van der Waals surface area (Å²) in [6, 6.07) is 4.54. The fourth-order valence-electron chi connectivity index (χ4n) is 2.04. The van der Waals surface area contributed by atoms with Gasteiger partial charge in [0.2, 0.25) is 0 Å². The van der Waals surface area contributed by atoms with Gasteiger partial charge in [-0.2, -0.15) is 0 Å². The van der Waals surface area contributed by atoms with Gasteiger partial charge in [-0.15, -0.1) is 0 Å². The van der Waals surface area contributed by atoms with E-state index in [9.17, 15) is 14.3 Å². The van der Waals surface area contributed by atoms with Crippen molar-refractivity contribution in [1.29, 1.82) is 0 Å². The number of hydrogen-bond acceptors (Lipinski definition) is 2. The Morgan fingerprint density at radius 3 is 2.71 bits per heavy atom. The molecule has 92 valence electrons. The van der Waals surface area contributed by atoms with E-state index in [1.165, 1.54) is 6.07 Å². The second kappa shape index (κ2) is 4.84. The highest BCUT2D eigenvalue weighted by Crippen LogP contribution is 2.17. The Morgan fingerprint density at radius 1 is 1.41 bits per heavy atom. The molecule has 1 heterocycles. The van der Waals surface area contributed by atoms with Crippen LogP contribution >= 0.6 is 0 Å². The summed E-state index contributed by atoms with van der Waals surface area (Å²) in [5, 5.41) is 9.37. The topological polar surface area (TPSA) is 40.5 Å². The highest BCUT2D eigenvalue weighted by molar-refractivity contribution is 5.94. The highest BCUT2D eigenvalue weighted by atomic mass is 19.1. The molecule has 0 bridgehead atoms. The number of aliphatic hydroxyl groups is 1. The molecule has 1 aliphatic heterocycles. The predicted octanol–water partition coefficient (Wildman–Crippen LogP) is 1.73. The molecule has 1 saturated heterocycles. The van der Waals surface area contributed by atoms with Crippen molar-refractivity contribution in [2.45, 2.75) is 25.9 Å². The van der Waals surface area contributed by atoms with Crippen molar-refractivity contribution in [3.05, 3.63) is 35.1 Å². The lowest BCUT2D eigenvalue weighted by atomic mass is 10.1. The number of halogens is 1. The van der Waals surface area contributed by atoms with E-state index in [1.54, 1.807) is 17.0 Å². The number of nitrogens with zero attached hydrogens (tertiary/aromatic N) is 1. The maximum atomic E-state index is 13.6. The van der Waals surface area contributed by atoms with Crippen LogP contribution in [0.2, 0.25) is 0 Å². The molecule has 0 unspecified atom stereocenters. The average Bonchev–Trinajstić information content (AvgIpc) is 2.32. The smallest absolute Gasteiger partial charge is 0.256 e. The van der Waals surface area contributed by atoms with Gasteiger partial charge in [0.1, 0.15) is 5.82 Å². The third-order valence-electron chi connectivity index (χ3n) is 3.10. The molecule has 0 atom stereocenters. The van der Waals surface area contributed by atoms with Crippen LogP contribution in [0.25, 0.3) is 0 Å². The first-order valence-corrected chi connectivity index (χ1v) is 5.81. The van der Waals surface area contributed by atoms with Gasteiger partial charge in [-0.3, -0.25) is 4.79 Å². The molecule has 0 saturated carbocycles. The largest absolute Gasteiger partial charge is 0.393 e. The molecular weight excluding hydrogens is 221 g/mol. The summed E-state index contributed by atoms with van der Waals surface area (Å²) in [5.41, 5.74) is 0.994. The van der Waals surface area contributed by atoms with Crippen LogP contribution in [0.3, 0.4) is 0 Å². The minimum atomic E-state index is -0.480. The molecular formula is C13H16FNO2. The van der Waals surface area contributed by atoms with Crippen molar-refractivity contribution in [2.75, 3.05) is 13.1 Å². The third-order valence-corrected chi connectivity index (χ3v) is 3.10. The molecule has 0 spiro atoms. The van der Waals surface area contributed by atoms with E-state index in [1.807, 2.05) is 6.92 Å². The Labute approximate surface area is 99.9 Å². The van der Waals surface area contributed by atoms with Crippen LogP contribution in [0.1, 0.15) is 28.8 Å². The SMILES string of the molecule is Cc1ccc(F)c(C(=O)N2CCC(O)CC2)c1. The summed E-state index contributed by atoms with van der Waals surface area (Å²) in [4.78, 5) is 13.7. The van der Waals surface area contributed by atoms with Gasteiger partial charge in [0.25, 0.3) is 5.91 Å². The van der Waals surface area contributed by atoms with Crippen molar-refractivity contribution in [3.63, 3.8) is 0 Å². The van der Waals surface area contributed by atoms with Gasteiger partial charge in [0.05, 0.1) is 11.7 Å². The van der Waals surface area contributed by atoms with Crippen molar-refractivity contribution < 1.29 is 14.3 Å². The highest BCUT2D eigenvalue weighted by Gasteiger charge is 2.24. The number of carbonyl (C=O) groups excluding carboxylic acids is 1. The molecule has 1 aliphatic rings. The first-order chi connectivity index (χ1) is 8.08. The fraction of sp³-hybridized carbons (Fsp3) is 0.462. The van der Waals surface area contributed by atoms with Crippen molar-refractivity contribution in [3.8, 4) is 0 Å². The fourth-order valence-corrected chi connectivity index (χ4v) is 2.04. The Hall–Kier alpha value is -1.42. The van der Waals surface area contributed by atoms with Crippen molar-refractivity contribution in [1.82, 2.24) is 4.90 Å². The van der Waals surface area contributed by atoms with Gasteiger partial charge in [-0.25, -0.2) is 4.39 Å². The second-order valence-corrected chi connectivity index (χ2v) is 4.51. The molecule has 1 N–H and O–H groups in total. The number of amides is 1. The number of benzene rings is 1. The zero-order chi connectivity index (χ0) is 12.4. The molecule has 2 rings (SSSR count). The molecule has 1 fully saturated rings. The summed E-state index contributed by atoms with van der Waals surface area (Å²) in [6.45, 7) is 2.82. The lowest BCUT2D eigenvalue weighted by Crippen LogP contribution is -2.40. The number of aliphatic hydroxyl groups excluding tert-OH is 1. The Balaban J connectivity index is 2.16. The standard InChI is InChI=1S/C13H16FNO2/c1-9-2-3-12(14)11(8-9)13(17)15-6-4-10(16)5-7-15/h2-3,8,10,16H,4-7H2,1H3. The van der Waals surface area contributed by atoms with Crippen LogP contribution in [0.15, 0.2) is 18.2 Å². The number of carbonyl (C=O) groups is 1. The lowest BCUT2D eigenvalue weighted by Gasteiger charge is -2.29. The average molecular weight is 237 g/mol. The van der Waals surface area contributed by atoms with Gasteiger partial charge < -0.3 is 10.0 Å². The van der Waals surface area contributed by atoms with Gasteiger partial charge in [-0.05, 0) is 31.9 Å². The first-order valence-electron chi connectivity index (χ1n) is 5.81. The zero-order valence-corrected chi connectivity index (χ0v) is 9.82. The van der Waals surface area contributed by atoms with Gasteiger partial charge in [0.15, 0.2) is 0 Å². The van der Waals surface area contributed by atoms with E-state index in [4.69, 9.17) is 0 Å². The summed E-state index contributed by atoms with van der Waals surface area (Å²) < 4.78 is 13.6. The molecule has 0 radical (unpaired) electrons. The van der Waals surface area contributed by atoms with Crippen molar-refractivity contribution in [2.24, 2.45) is 0 Å². The van der Waals surface area contributed by atoms with Crippen LogP contribution in [0.5, 0.6) is 0 Å². The summed E-state index contributed by atoms with van der Waals surface area (Å²) in [5.74, 6) is -0.759. The van der Waals surface area contributed by atoms with E-state index in [0.717, 1.165) is 5.56 Å². The molecule has 1 aromatic carbocycles. The summed E-state index contributed by atoms with van der Waals surface area (Å²) >= 11 is 0. The number of rotatable bonds is 1. The molecule has 17 heavy (non-hydrogen) atoms. The monoisotopic (exact) mass is 237 g/mol. The van der Waals surface area contributed by atoms with E-state index in [0.29, 0.717) is 25.9 Å². The first kappa shape index (κ1) is 12.0. The number of likely N-dealkylation sites (tertiary alicyclic amines) is 1. The van der Waals surface area contributed by atoms with Crippen LogP contribution in [0.4, 0.5) is 4.39 Å². The molecule has 4 heteroatoms. The number of piperidine rings is 1. The minimum absolute atomic E-state index is 0.126. The maximum absolute atomic E-state index is 13.6. The molecule has 3 nitrogen and oxygen atoms in total. The van der Waals surface area contributed by atoms with Crippen LogP contribution in [0, 0.1) is 12.7 Å². The van der Waals surface area contributed by atoms with E-state index in [2.05, 4.69) is 0 Å². The van der Waals surface area contributed by atoms with Gasteiger partial charge >= 0.3 is 0 Å². The lowest BCUT2D eigenvalue weighted by molar-refractivity contribution is 0.0542. The van der Waals surface area contributed by atoms with E-state index < -0.39 is 5.82 Å². The van der Waals surface area contributed by atoms with Gasteiger partial charge in [0, 0.05) is 13.1 Å². The van der Waals surface area contributed by atoms with Crippen LogP contribution in [-0.2, 0) is 0 Å². The van der Waals surface area contributed by atoms with Crippen LogP contribution in [-0.4, -0.2) is 35.1 Å². The minimum Gasteiger partial charge on any atom is -0.393 e. The molecule has 0 aromatic heterocycles. The Kier molecular flexibility index (Phi) is 3.43. The van der Waals surface area contributed by atoms with Crippen molar-refractivity contribution >= 4 is 5.91 Å².